The number of amides is 1. The Labute approximate surface area is 98.5 Å². The highest BCUT2D eigenvalue weighted by atomic mass is 16.1. The van der Waals surface area contributed by atoms with Crippen molar-refractivity contribution in [3.63, 3.8) is 0 Å². The summed E-state index contributed by atoms with van der Waals surface area (Å²) in [4.78, 5) is 26.1. The van der Waals surface area contributed by atoms with Crippen molar-refractivity contribution in [1.82, 2.24) is 4.98 Å². The molecular weight excluding hydrogens is 216 g/mol. The van der Waals surface area contributed by atoms with Crippen molar-refractivity contribution in [3.8, 4) is 0 Å². The molecule has 0 radical (unpaired) electrons. The minimum Gasteiger partial charge on any atom is -0.369 e. The molecule has 0 aliphatic rings. The average Bonchev–Trinajstić information content (AvgIpc) is 2.35. The van der Waals surface area contributed by atoms with Crippen molar-refractivity contribution < 1.29 is 9.59 Å². The van der Waals surface area contributed by atoms with Crippen LogP contribution in [-0.2, 0) is 9.59 Å². The van der Waals surface area contributed by atoms with Gasteiger partial charge in [-0.05, 0) is 12.1 Å². The van der Waals surface area contributed by atoms with Crippen LogP contribution in [0.3, 0.4) is 0 Å². The number of hydrogen-bond acceptors (Lipinski definition) is 3. The third-order valence-electron chi connectivity index (χ3n) is 2.65. The first-order valence-corrected chi connectivity index (χ1v) is 5.31. The van der Waals surface area contributed by atoms with Crippen molar-refractivity contribution in [3.05, 3.63) is 42.1 Å². The zero-order chi connectivity index (χ0) is 12.3. The van der Waals surface area contributed by atoms with Gasteiger partial charge in [0.25, 0.3) is 0 Å². The Morgan fingerprint density at radius 2 is 2.06 bits per heavy atom. The van der Waals surface area contributed by atoms with Crippen molar-refractivity contribution >= 4 is 23.1 Å². The number of para-hydroxylation sites is 1. The van der Waals surface area contributed by atoms with E-state index in [4.69, 9.17) is 5.73 Å². The smallest absolute Gasteiger partial charge is 0.227 e. The Morgan fingerprint density at radius 3 is 2.76 bits per heavy atom. The van der Waals surface area contributed by atoms with Crippen LogP contribution in [0, 0.1) is 0 Å². The van der Waals surface area contributed by atoms with E-state index in [0.717, 1.165) is 10.9 Å². The summed E-state index contributed by atoms with van der Waals surface area (Å²) >= 11 is 0. The topological polar surface area (TPSA) is 73.1 Å². The second kappa shape index (κ2) is 4.74. The first kappa shape index (κ1) is 11.3. The van der Waals surface area contributed by atoms with Crippen LogP contribution < -0.4 is 5.73 Å². The van der Waals surface area contributed by atoms with E-state index in [2.05, 4.69) is 4.98 Å². The molecule has 0 fully saturated rings. The lowest BCUT2D eigenvalue weighted by Crippen LogP contribution is -2.22. The second-order valence-electron chi connectivity index (χ2n) is 3.79. The molecular formula is C13H12N2O2. The largest absolute Gasteiger partial charge is 0.369 e. The molecule has 2 rings (SSSR count). The first-order chi connectivity index (χ1) is 8.22. The highest BCUT2D eigenvalue weighted by Gasteiger charge is 2.18. The molecule has 1 amide bonds. The number of hydrogen-bond donors (Lipinski definition) is 1. The van der Waals surface area contributed by atoms with Crippen LogP contribution in [-0.4, -0.2) is 17.2 Å². The van der Waals surface area contributed by atoms with Gasteiger partial charge in [-0.1, -0.05) is 24.3 Å². The number of carbonyl (C=O) groups is 2. The number of pyridine rings is 1. The maximum atomic E-state index is 11.2. The fourth-order valence-corrected chi connectivity index (χ4v) is 1.75. The van der Waals surface area contributed by atoms with E-state index < -0.39 is 11.8 Å². The molecule has 0 aliphatic heterocycles. The van der Waals surface area contributed by atoms with Gasteiger partial charge in [0, 0.05) is 11.8 Å². The number of benzene rings is 1. The molecule has 0 aliphatic carbocycles. The summed E-state index contributed by atoms with van der Waals surface area (Å²) in [5.74, 6) is -1.17. The molecule has 86 valence electrons. The van der Waals surface area contributed by atoms with Gasteiger partial charge < -0.3 is 10.5 Å². The standard InChI is InChI=1S/C13H12N2O2/c14-13(17)10(7-8-16)12-6-5-9-3-1-2-4-11(9)15-12/h1-6,8,10H,7H2,(H2,14,17). The van der Waals surface area contributed by atoms with Crippen molar-refractivity contribution in [2.24, 2.45) is 5.73 Å². The van der Waals surface area contributed by atoms with Crippen LogP contribution in [0.5, 0.6) is 0 Å². The quantitative estimate of drug-likeness (QED) is 0.804. The summed E-state index contributed by atoms with van der Waals surface area (Å²) in [6.07, 6.45) is 0.757. The van der Waals surface area contributed by atoms with Gasteiger partial charge in [-0.25, -0.2) is 0 Å². The molecule has 1 aromatic heterocycles. The molecule has 0 saturated heterocycles. The van der Waals surface area contributed by atoms with Crippen LogP contribution in [0.2, 0.25) is 0 Å². The average molecular weight is 228 g/mol. The maximum absolute atomic E-state index is 11.2. The molecule has 1 unspecified atom stereocenters. The highest BCUT2D eigenvalue weighted by Crippen LogP contribution is 2.19. The third-order valence-corrected chi connectivity index (χ3v) is 2.65. The summed E-state index contributed by atoms with van der Waals surface area (Å²) in [5.41, 5.74) is 6.60. The number of rotatable bonds is 4. The van der Waals surface area contributed by atoms with Crippen LogP contribution in [0.1, 0.15) is 18.0 Å². The number of nitrogens with two attached hydrogens (primary N) is 1. The number of primary amides is 1. The molecule has 1 atom stereocenters. The van der Waals surface area contributed by atoms with Gasteiger partial charge in [0.05, 0.1) is 17.1 Å². The minimum absolute atomic E-state index is 0.0701. The minimum atomic E-state index is -0.642. The Hall–Kier alpha value is -2.23. The van der Waals surface area contributed by atoms with Crippen LogP contribution >= 0.6 is 0 Å². The summed E-state index contributed by atoms with van der Waals surface area (Å²) in [5, 5.41) is 0.991. The van der Waals surface area contributed by atoms with Gasteiger partial charge in [0.15, 0.2) is 0 Å². The zero-order valence-corrected chi connectivity index (χ0v) is 9.17. The van der Waals surface area contributed by atoms with E-state index in [9.17, 15) is 9.59 Å². The van der Waals surface area contributed by atoms with Crippen molar-refractivity contribution in [1.29, 1.82) is 0 Å². The van der Waals surface area contributed by atoms with E-state index in [1.165, 1.54) is 0 Å². The summed E-state index contributed by atoms with van der Waals surface area (Å²) in [6.45, 7) is 0. The number of aromatic nitrogens is 1. The fourth-order valence-electron chi connectivity index (χ4n) is 1.75. The summed E-state index contributed by atoms with van der Waals surface area (Å²) < 4.78 is 0. The van der Waals surface area contributed by atoms with E-state index in [1.807, 2.05) is 30.3 Å². The molecule has 17 heavy (non-hydrogen) atoms. The number of aldehydes is 1. The fraction of sp³-hybridized carbons (Fsp3) is 0.154. The Bertz CT molecular complexity index is 566. The molecule has 0 saturated carbocycles. The normalized spacial score (nSPS) is 12.2. The van der Waals surface area contributed by atoms with Gasteiger partial charge in [-0.2, -0.15) is 0 Å². The second-order valence-corrected chi connectivity index (χ2v) is 3.79. The molecule has 2 aromatic rings. The van der Waals surface area contributed by atoms with Gasteiger partial charge >= 0.3 is 0 Å². The van der Waals surface area contributed by atoms with Crippen LogP contribution in [0.4, 0.5) is 0 Å². The molecule has 0 bridgehead atoms. The SMILES string of the molecule is NC(=O)C(CC=O)c1ccc2ccccc2n1. The monoisotopic (exact) mass is 228 g/mol. The van der Waals surface area contributed by atoms with Gasteiger partial charge in [-0.15, -0.1) is 0 Å². The predicted octanol–water partition coefficient (Wildman–Crippen LogP) is 1.39. The van der Waals surface area contributed by atoms with E-state index in [0.29, 0.717) is 12.0 Å². The lowest BCUT2D eigenvalue weighted by atomic mass is 10.00. The lowest BCUT2D eigenvalue weighted by Gasteiger charge is -2.10. The maximum Gasteiger partial charge on any atom is 0.227 e. The zero-order valence-electron chi connectivity index (χ0n) is 9.17. The Balaban J connectivity index is 2.46. The Kier molecular flexibility index (Phi) is 3.14. The van der Waals surface area contributed by atoms with Crippen LogP contribution in [0.25, 0.3) is 10.9 Å². The predicted molar refractivity (Wildman–Crippen MR) is 64.4 cm³/mol. The number of carbonyl (C=O) groups excluding carboxylic acids is 2. The molecule has 1 aromatic carbocycles. The molecule has 4 nitrogen and oxygen atoms in total. The molecule has 1 heterocycles. The van der Waals surface area contributed by atoms with Crippen LogP contribution in [0.15, 0.2) is 36.4 Å². The number of nitrogens with zero attached hydrogens (tertiary/aromatic N) is 1. The third kappa shape index (κ3) is 2.30. The van der Waals surface area contributed by atoms with Gasteiger partial charge in [0.1, 0.15) is 6.29 Å². The summed E-state index contributed by atoms with van der Waals surface area (Å²) in [6, 6.07) is 11.2. The van der Waals surface area contributed by atoms with E-state index in [1.54, 1.807) is 6.07 Å². The molecule has 0 spiro atoms. The summed E-state index contributed by atoms with van der Waals surface area (Å²) in [7, 11) is 0. The first-order valence-electron chi connectivity index (χ1n) is 5.31. The van der Waals surface area contributed by atoms with Gasteiger partial charge in [-0.3, -0.25) is 9.78 Å². The molecule has 2 N–H and O–H groups in total. The molecule has 4 heteroatoms. The van der Waals surface area contributed by atoms with E-state index in [-0.39, 0.29) is 6.42 Å². The van der Waals surface area contributed by atoms with Crippen molar-refractivity contribution in [2.45, 2.75) is 12.3 Å². The van der Waals surface area contributed by atoms with Crippen molar-refractivity contribution in [2.75, 3.05) is 0 Å². The highest BCUT2D eigenvalue weighted by molar-refractivity contribution is 5.85. The Morgan fingerprint density at radius 1 is 1.29 bits per heavy atom. The van der Waals surface area contributed by atoms with Gasteiger partial charge in [0.2, 0.25) is 5.91 Å². The number of fused-ring (bicyclic) bond motifs is 1. The van der Waals surface area contributed by atoms with E-state index >= 15 is 0 Å². The lowest BCUT2D eigenvalue weighted by molar-refractivity contribution is -0.121.